The highest BCUT2D eigenvalue weighted by Crippen LogP contribution is 2.44. The van der Waals surface area contributed by atoms with E-state index in [-0.39, 0.29) is 11.3 Å². The maximum absolute atomic E-state index is 12.9. The van der Waals surface area contributed by atoms with Crippen molar-refractivity contribution in [2.45, 2.75) is 49.5 Å². The highest BCUT2D eigenvalue weighted by Gasteiger charge is 2.42. The van der Waals surface area contributed by atoms with E-state index in [9.17, 15) is 9.90 Å². The van der Waals surface area contributed by atoms with E-state index in [2.05, 4.69) is 24.0 Å². The van der Waals surface area contributed by atoms with Crippen molar-refractivity contribution in [3.8, 4) is 5.75 Å². The molecule has 2 aromatic carbocycles. The number of benzene rings is 2. The van der Waals surface area contributed by atoms with Crippen molar-refractivity contribution in [3.63, 3.8) is 0 Å². The van der Waals surface area contributed by atoms with Crippen LogP contribution in [0.3, 0.4) is 0 Å². The van der Waals surface area contributed by atoms with E-state index >= 15 is 0 Å². The molecule has 1 fully saturated rings. The minimum atomic E-state index is -0.640. The number of methoxy groups -OCH3 is 1. The largest absolute Gasteiger partial charge is 0.496 e. The van der Waals surface area contributed by atoms with Crippen molar-refractivity contribution in [1.82, 2.24) is 5.32 Å². The molecular weight excluding hydrogens is 362 g/mol. The minimum absolute atomic E-state index is 0.134. The zero-order valence-corrected chi connectivity index (χ0v) is 17.2. The third-order valence-electron chi connectivity index (χ3n) is 6.28. The third kappa shape index (κ3) is 4.88. The molecule has 0 radical (unpaired) electrons. The predicted molar refractivity (Wildman–Crippen MR) is 116 cm³/mol. The molecule has 0 aliphatic heterocycles. The van der Waals surface area contributed by atoms with Gasteiger partial charge in [-0.2, -0.15) is 0 Å². The number of ether oxygens (including phenoxy) is 1. The summed E-state index contributed by atoms with van der Waals surface area (Å²) < 4.78 is 5.33. The Bertz CT molecular complexity index is 823. The van der Waals surface area contributed by atoms with Crippen LogP contribution in [-0.4, -0.2) is 30.3 Å². The van der Waals surface area contributed by atoms with Gasteiger partial charge in [-0.25, -0.2) is 0 Å². The number of hydrogen-bond acceptors (Lipinski definition) is 3. The van der Waals surface area contributed by atoms with Gasteiger partial charge in [0.2, 0.25) is 0 Å². The molecule has 2 N–H and O–H groups in total. The Kier molecular flexibility index (Phi) is 6.75. The summed E-state index contributed by atoms with van der Waals surface area (Å²) in [5, 5.41) is 14.1. The van der Waals surface area contributed by atoms with Crippen LogP contribution in [0.15, 0.2) is 67.3 Å². The lowest BCUT2D eigenvalue weighted by Gasteiger charge is -2.44. The number of hydrogen-bond donors (Lipinski definition) is 2. The predicted octanol–water partition coefficient (Wildman–Crippen LogP) is 4.63. The monoisotopic (exact) mass is 393 g/mol. The summed E-state index contributed by atoms with van der Waals surface area (Å²) in [7, 11) is 1.57. The summed E-state index contributed by atoms with van der Waals surface area (Å²) in [6, 6.07) is 17.6. The molecule has 0 heterocycles. The van der Waals surface area contributed by atoms with Gasteiger partial charge in [-0.05, 0) is 56.2 Å². The van der Waals surface area contributed by atoms with E-state index in [0.717, 1.165) is 38.5 Å². The molecule has 2 aromatic rings. The molecule has 4 nitrogen and oxygen atoms in total. The first-order valence-electron chi connectivity index (χ1n) is 10.3. The molecule has 3 rings (SSSR count). The number of para-hydroxylation sites is 1. The number of amides is 1. The van der Waals surface area contributed by atoms with Crippen molar-refractivity contribution >= 4 is 5.91 Å². The molecule has 0 unspecified atom stereocenters. The number of nitrogens with one attached hydrogen (secondary N) is 1. The Balaban J connectivity index is 1.77. The summed E-state index contributed by atoms with van der Waals surface area (Å²) in [5.41, 5.74) is 0.931. The Morgan fingerprint density at radius 1 is 1.10 bits per heavy atom. The molecule has 1 aliphatic rings. The van der Waals surface area contributed by atoms with Crippen LogP contribution in [0.25, 0.3) is 0 Å². The van der Waals surface area contributed by atoms with Crippen LogP contribution in [0.2, 0.25) is 0 Å². The highest BCUT2D eigenvalue weighted by molar-refractivity contribution is 5.96. The SMILES string of the molecule is C=CCCC1(O)CCC(CNC(=O)c2ccccc2OC)(c2ccccc2)CC1. The molecule has 4 heteroatoms. The van der Waals surface area contributed by atoms with E-state index in [0.29, 0.717) is 17.9 Å². The summed E-state index contributed by atoms with van der Waals surface area (Å²) in [5.74, 6) is 0.437. The van der Waals surface area contributed by atoms with Gasteiger partial charge in [-0.1, -0.05) is 48.5 Å². The first-order chi connectivity index (χ1) is 14.0. The zero-order valence-electron chi connectivity index (χ0n) is 17.2. The van der Waals surface area contributed by atoms with Gasteiger partial charge < -0.3 is 15.2 Å². The molecule has 154 valence electrons. The van der Waals surface area contributed by atoms with Gasteiger partial charge in [0.1, 0.15) is 5.75 Å². The Morgan fingerprint density at radius 3 is 2.41 bits per heavy atom. The lowest BCUT2D eigenvalue weighted by Crippen LogP contribution is -2.47. The van der Waals surface area contributed by atoms with Gasteiger partial charge in [-0.3, -0.25) is 4.79 Å². The van der Waals surface area contributed by atoms with Crippen LogP contribution in [0.5, 0.6) is 5.75 Å². The molecule has 0 spiro atoms. The van der Waals surface area contributed by atoms with E-state index in [1.807, 2.05) is 36.4 Å². The number of carbonyl (C=O) groups is 1. The van der Waals surface area contributed by atoms with Gasteiger partial charge in [0.05, 0.1) is 18.3 Å². The van der Waals surface area contributed by atoms with Gasteiger partial charge >= 0.3 is 0 Å². The molecule has 29 heavy (non-hydrogen) atoms. The fourth-order valence-corrected chi connectivity index (χ4v) is 4.35. The van der Waals surface area contributed by atoms with Crippen molar-refractivity contribution in [1.29, 1.82) is 0 Å². The number of allylic oxidation sites excluding steroid dienone is 1. The summed E-state index contributed by atoms with van der Waals surface area (Å²) in [6.07, 6.45) is 6.53. The smallest absolute Gasteiger partial charge is 0.255 e. The molecule has 0 saturated heterocycles. The molecule has 0 aromatic heterocycles. The summed E-state index contributed by atoms with van der Waals surface area (Å²) in [6.45, 7) is 4.31. The van der Waals surface area contributed by atoms with Crippen molar-refractivity contribution < 1.29 is 14.6 Å². The van der Waals surface area contributed by atoms with E-state index in [1.165, 1.54) is 5.56 Å². The number of rotatable bonds is 8. The van der Waals surface area contributed by atoms with Crippen LogP contribution in [0.1, 0.15) is 54.4 Å². The Labute approximate surface area is 173 Å². The quantitative estimate of drug-likeness (QED) is 0.643. The zero-order chi connectivity index (χ0) is 20.7. The van der Waals surface area contributed by atoms with Gasteiger partial charge in [0, 0.05) is 12.0 Å². The third-order valence-corrected chi connectivity index (χ3v) is 6.28. The van der Waals surface area contributed by atoms with Gasteiger partial charge in [-0.15, -0.1) is 6.58 Å². The molecule has 1 saturated carbocycles. The highest BCUT2D eigenvalue weighted by atomic mass is 16.5. The first-order valence-corrected chi connectivity index (χ1v) is 10.3. The normalized spacial score (nSPS) is 23.9. The average molecular weight is 394 g/mol. The second kappa shape index (κ2) is 9.27. The molecule has 1 amide bonds. The summed E-state index contributed by atoms with van der Waals surface area (Å²) in [4.78, 5) is 12.9. The van der Waals surface area contributed by atoms with E-state index in [4.69, 9.17) is 4.74 Å². The number of carbonyl (C=O) groups excluding carboxylic acids is 1. The minimum Gasteiger partial charge on any atom is -0.496 e. The fraction of sp³-hybridized carbons (Fsp3) is 0.400. The lowest BCUT2D eigenvalue weighted by atomic mass is 9.64. The van der Waals surface area contributed by atoms with Crippen LogP contribution in [0, 0.1) is 0 Å². The van der Waals surface area contributed by atoms with Crippen LogP contribution in [-0.2, 0) is 5.41 Å². The Morgan fingerprint density at radius 2 is 1.76 bits per heavy atom. The second-order valence-corrected chi connectivity index (χ2v) is 8.08. The molecule has 0 atom stereocenters. The van der Waals surface area contributed by atoms with E-state index in [1.54, 1.807) is 19.2 Å². The van der Waals surface area contributed by atoms with Crippen LogP contribution >= 0.6 is 0 Å². The lowest BCUT2D eigenvalue weighted by molar-refractivity contribution is -0.0223. The average Bonchev–Trinajstić information content (AvgIpc) is 2.78. The van der Waals surface area contributed by atoms with Gasteiger partial charge in [0.25, 0.3) is 5.91 Å². The maximum atomic E-state index is 12.9. The van der Waals surface area contributed by atoms with Crippen molar-refractivity contribution in [2.24, 2.45) is 0 Å². The molecular formula is C25H31NO3. The topological polar surface area (TPSA) is 58.6 Å². The standard InChI is InChI=1S/C25H31NO3/c1-3-4-14-25(28)17-15-24(16-18-25,20-10-6-5-7-11-20)19-26-23(27)21-12-8-9-13-22(21)29-2/h3,5-13,28H,1,4,14-19H2,2H3,(H,26,27). The fourth-order valence-electron chi connectivity index (χ4n) is 4.35. The van der Waals surface area contributed by atoms with Crippen molar-refractivity contribution in [2.75, 3.05) is 13.7 Å². The summed E-state index contributed by atoms with van der Waals surface area (Å²) >= 11 is 0. The Hall–Kier alpha value is -2.59. The van der Waals surface area contributed by atoms with Crippen LogP contribution < -0.4 is 10.1 Å². The second-order valence-electron chi connectivity index (χ2n) is 8.08. The van der Waals surface area contributed by atoms with Crippen molar-refractivity contribution in [3.05, 3.63) is 78.4 Å². The number of aliphatic hydroxyl groups is 1. The molecule has 1 aliphatic carbocycles. The first kappa shape index (κ1) is 21.1. The molecule has 0 bridgehead atoms. The van der Waals surface area contributed by atoms with Crippen LogP contribution in [0.4, 0.5) is 0 Å². The van der Waals surface area contributed by atoms with E-state index < -0.39 is 5.60 Å². The van der Waals surface area contributed by atoms with Gasteiger partial charge in [0.15, 0.2) is 0 Å². The maximum Gasteiger partial charge on any atom is 0.255 e.